The molecular formula is C18H19Cl2NOSi. The number of hydrogen-bond acceptors (Lipinski definition) is 1. The molecule has 0 fully saturated rings. The Hall–Kier alpha value is -1.29. The zero-order chi connectivity index (χ0) is 15.3. The predicted octanol–water partition coefficient (Wildman–Crippen LogP) is -0.733. The first kappa shape index (κ1) is 16.6. The molecule has 2 nitrogen and oxygen atoms in total. The lowest BCUT2D eigenvalue weighted by atomic mass is 10.2. The Labute approximate surface area is 149 Å². The maximum Gasteiger partial charge on any atom is 0.370 e. The highest BCUT2D eigenvalue weighted by Gasteiger charge is 2.48. The van der Waals surface area contributed by atoms with E-state index in [1.807, 2.05) is 12.1 Å². The van der Waals surface area contributed by atoms with Gasteiger partial charge in [-0.3, -0.25) is 0 Å². The molecule has 0 N–H and O–H groups in total. The summed E-state index contributed by atoms with van der Waals surface area (Å²) in [6, 6.07) is 17.2. The van der Waals surface area contributed by atoms with Crippen LogP contribution in [0.4, 0.5) is 0 Å². The second-order valence-corrected chi connectivity index (χ2v) is 11.0. The maximum atomic E-state index is 6.09. The van der Waals surface area contributed by atoms with Crippen LogP contribution in [0, 0.1) is 0 Å². The Kier molecular flexibility index (Phi) is 4.30. The highest BCUT2D eigenvalue weighted by molar-refractivity contribution is 7.02. The van der Waals surface area contributed by atoms with E-state index in [0.717, 1.165) is 23.6 Å². The van der Waals surface area contributed by atoms with Gasteiger partial charge in [0.1, 0.15) is 6.17 Å². The largest absolute Gasteiger partial charge is 1.00 e. The summed E-state index contributed by atoms with van der Waals surface area (Å²) in [5.74, 6) is 1.07. The molecule has 0 aliphatic carbocycles. The van der Waals surface area contributed by atoms with Gasteiger partial charge in [-0.15, -0.1) is 0 Å². The van der Waals surface area contributed by atoms with Gasteiger partial charge in [-0.25, -0.2) is 0 Å². The fourth-order valence-corrected chi connectivity index (χ4v) is 7.73. The predicted molar refractivity (Wildman–Crippen MR) is 93.4 cm³/mol. The van der Waals surface area contributed by atoms with E-state index in [4.69, 9.17) is 16.3 Å². The fourth-order valence-electron chi connectivity index (χ4n) is 3.75. The van der Waals surface area contributed by atoms with Gasteiger partial charge in [0.25, 0.3) is 0 Å². The van der Waals surface area contributed by atoms with Gasteiger partial charge in [-0.05, 0) is 35.5 Å². The monoisotopic (exact) mass is 363 g/mol. The lowest BCUT2D eigenvalue weighted by Gasteiger charge is -2.30. The summed E-state index contributed by atoms with van der Waals surface area (Å²) in [5, 5.41) is 3.71. The van der Waals surface area contributed by atoms with Crippen molar-refractivity contribution in [2.24, 2.45) is 0 Å². The van der Waals surface area contributed by atoms with Crippen LogP contribution in [-0.4, -0.2) is 37.4 Å². The van der Waals surface area contributed by atoms with E-state index in [-0.39, 0.29) is 18.5 Å². The molecule has 2 unspecified atom stereocenters. The van der Waals surface area contributed by atoms with Crippen molar-refractivity contribution in [3.63, 3.8) is 0 Å². The molecule has 2 aromatic carbocycles. The third-order valence-corrected chi connectivity index (χ3v) is 9.32. The van der Waals surface area contributed by atoms with E-state index in [9.17, 15) is 0 Å². The highest BCUT2D eigenvalue weighted by Crippen LogP contribution is 2.21. The summed E-state index contributed by atoms with van der Waals surface area (Å²) in [6.45, 7) is 5.59. The summed E-state index contributed by atoms with van der Waals surface area (Å²) in [7, 11) is -1.81. The number of fused-ring (bicyclic) bond motifs is 2. The summed E-state index contributed by atoms with van der Waals surface area (Å²) in [4.78, 5) is 0. The highest BCUT2D eigenvalue weighted by atomic mass is 35.5. The molecule has 120 valence electrons. The first-order valence-corrected chi connectivity index (χ1v) is 10.8. The fraction of sp³-hybridized carbons (Fsp3) is 0.278. The van der Waals surface area contributed by atoms with Gasteiger partial charge in [0, 0.05) is 5.02 Å². The Morgan fingerprint density at radius 1 is 1.13 bits per heavy atom. The van der Waals surface area contributed by atoms with Crippen molar-refractivity contribution >= 4 is 35.9 Å². The van der Waals surface area contributed by atoms with Crippen LogP contribution in [0.25, 0.3) is 0 Å². The topological polar surface area (TPSA) is 12.2 Å². The third-order valence-electron chi connectivity index (χ3n) is 4.82. The molecule has 23 heavy (non-hydrogen) atoms. The first-order valence-electron chi connectivity index (χ1n) is 7.72. The van der Waals surface area contributed by atoms with E-state index >= 15 is 0 Å². The van der Waals surface area contributed by atoms with Gasteiger partial charge in [-0.2, -0.15) is 4.58 Å². The number of benzene rings is 2. The van der Waals surface area contributed by atoms with E-state index < -0.39 is 8.07 Å². The molecule has 0 saturated carbocycles. The third kappa shape index (κ3) is 2.61. The van der Waals surface area contributed by atoms with Gasteiger partial charge in [-0.1, -0.05) is 48.5 Å². The van der Waals surface area contributed by atoms with Crippen LogP contribution < -0.4 is 22.8 Å². The van der Waals surface area contributed by atoms with Crippen LogP contribution in [0.3, 0.4) is 0 Å². The second kappa shape index (κ2) is 5.97. The molecule has 0 spiro atoms. The van der Waals surface area contributed by atoms with E-state index in [2.05, 4.69) is 54.4 Å². The Balaban J connectivity index is 0.00000156. The number of halogens is 2. The van der Waals surface area contributed by atoms with Crippen molar-refractivity contribution in [3.05, 3.63) is 59.1 Å². The first-order chi connectivity index (χ1) is 10.6. The van der Waals surface area contributed by atoms with Crippen molar-refractivity contribution < 1.29 is 21.7 Å². The van der Waals surface area contributed by atoms with E-state index in [1.165, 1.54) is 15.9 Å². The minimum atomic E-state index is -1.81. The molecule has 0 amide bonds. The molecule has 2 aliphatic heterocycles. The molecule has 2 atom stereocenters. The van der Waals surface area contributed by atoms with E-state index in [1.54, 1.807) is 0 Å². The standard InChI is InChI=1S/C18H19ClNOSi.ClH/c1-13-11-20-12-22(2,15-9-7-14(19)8-10-15)17-6-4-3-5-16(17)18(20)21-13;/h3-10,13H,11-12H2,1-2H3;1H/q+1;/p-1. The second-order valence-electron chi connectivity index (χ2n) is 6.50. The zero-order valence-corrected chi connectivity index (χ0v) is 15.7. The Morgan fingerprint density at radius 3 is 2.57 bits per heavy atom. The van der Waals surface area contributed by atoms with Gasteiger partial charge < -0.3 is 17.1 Å². The molecule has 0 aromatic heterocycles. The Morgan fingerprint density at radius 2 is 1.83 bits per heavy atom. The van der Waals surface area contributed by atoms with Crippen LogP contribution in [0.5, 0.6) is 0 Å². The van der Waals surface area contributed by atoms with Crippen LogP contribution >= 0.6 is 11.6 Å². The average molecular weight is 364 g/mol. The van der Waals surface area contributed by atoms with E-state index in [0.29, 0.717) is 0 Å². The van der Waals surface area contributed by atoms with Crippen molar-refractivity contribution in [1.29, 1.82) is 0 Å². The minimum absolute atomic E-state index is 0. The van der Waals surface area contributed by atoms with Crippen LogP contribution in [-0.2, 0) is 4.74 Å². The summed E-state index contributed by atoms with van der Waals surface area (Å²) >= 11 is 6.09. The average Bonchev–Trinajstić information content (AvgIpc) is 2.88. The van der Waals surface area contributed by atoms with Crippen molar-refractivity contribution in [3.8, 4) is 0 Å². The number of nitrogens with zero attached hydrogens (tertiary/aromatic N) is 1. The van der Waals surface area contributed by atoms with Crippen molar-refractivity contribution in [1.82, 2.24) is 0 Å². The normalized spacial score (nSPS) is 25.3. The molecule has 4 rings (SSSR count). The molecule has 2 aromatic rings. The smallest absolute Gasteiger partial charge is 0.370 e. The summed E-state index contributed by atoms with van der Waals surface area (Å²) in [6.07, 6.45) is 1.34. The van der Waals surface area contributed by atoms with Gasteiger partial charge in [0.2, 0.25) is 0 Å². The van der Waals surface area contributed by atoms with Gasteiger partial charge in [0.15, 0.2) is 20.7 Å². The quantitative estimate of drug-likeness (QED) is 0.480. The number of hydrogen-bond donors (Lipinski definition) is 0. The van der Waals surface area contributed by atoms with Crippen molar-refractivity contribution in [2.45, 2.75) is 19.6 Å². The lowest BCUT2D eigenvalue weighted by molar-refractivity contribution is -0.504. The molecule has 2 heterocycles. The zero-order valence-electron chi connectivity index (χ0n) is 13.2. The van der Waals surface area contributed by atoms with Crippen LogP contribution in [0.1, 0.15) is 12.5 Å². The molecular weight excluding hydrogens is 345 g/mol. The number of ether oxygens (including phenoxy) is 1. The van der Waals surface area contributed by atoms with Crippen LogP contribution in [0.15, 0.2) is 48.5 Å². The van der Waals surface area contributed by atoms with Gasteiger partial charge >= 0.3 is 5.90 Å². The molecule has 5 heteroatoms. The SMILES string of the molecule is CC1C[N+]2=C(O1)c1ccccc1[Si](C)(c1ccc(Cl)cc1)C2.[Cl-]. The lowest BCUT2D eigenvalue weighted by Crippen LogP contribution is -3.00. The summed E-state index contributed by atoms with van der Waals surface area (Å²) in [5.41, 5.74) is 1.28. The molecule has 2 aliphatic rings. The minimum Gasteiger partial charge on any atom is -1.00 e. The number of rotatable bonds is 1. The summed E-state index contributed by atoms with van der Waals surface area (Å²) < 4.78 is 8.52. The Bertz CT molecular complexity index is 775. The van der Waals surface area contributed by atoms with Gasteiger partial charge in [0.05, 0.1) is 5.56 Å². The molecule has 0 radical (unpaired) electrons. The maximum absolute atomic E-state index is 6.09. The molecule has 0 saturated heterocycles. The van der Waals surface area contributed by atoms with Crippen molar-refractivity contribution in [2.75, 3.05) is 12.7 Å². The molecule has 0 bridgehead atoms. The van der Waals surface area contributed by atoms with Crippen LogP contribution in [0.2, 0.25) is 11.6 Å².